The van der Waals surface area contributed by atoms with E-state index >= 15 is 0 Å². The number of nitrogens with zero attached hydrogens (tertiary/aromatic N) is 2. The first-order chi connectivity index (χ1) is 8.65. The molecule has 0 bridgehead atoms. The second-order valence-corrected chi connectivity index (χ2v) is 3.92. The number of aryl methyl sites for hydroxylation is 1. The summed E-state index contributed by atoms with van der Waals surface area (Å²) in [5.74, 6) is 0.917. The molecule has 0 aliphatic heterocycles. The number of carbonyl (C=O) groups excluding carboxylic acids is 1. The molecule has 0 radical (unpaired) electrons. The molecule has 1 amide bonds. The van der Waals surface area contributed by atoms with Crippen LogP contribution in [0.4, 0.5) is 17.3 Å². The van der Waals surface area contributed by atoms with E-state index in [1.165, 1.54) is 6.92 Å². The molecular formula is C13H14N4O. The van der Waals surface area contributed by atoms with E-state index in [0.29, 0.717) is 11.6 Å². The Hall–Kier alpha value is -2.43. The van der Waals surface area contributed by atoms with Crippen molar-refractivity contribution in [2.75, 3.05) is 10.6 Å². The van der Waals surface area contributed by atoms with Crippen LogP contribution in [0.25, 0.3) is 0 Å². The van der Waals surface area contributed by atoms with Crippen molar-refractivity contribution in [1.82, 2.24) is 10.2 Å². The van der Waals surface area contributed by atoms with Crippen molar-refractivity contribution in [3.63, 3.8) is 0 Å². The third-order valence-corrected chi connectivity index (χ3v) is 2.38. The first-order valence-electron chi connectivity index (χ1n) is 5.59. The number of nitrogens with one attached hydrogen (secondary N) is 2. The minimum absolute atomic E-state index is 0.163. The lowest BCUT2D eigenvalue weighted by molar-refractivity contribution is -0.114. The minimum Gasteiger partial charge on any atom is -0.339 e. The van der Waals surface area contributed by atoms with Crippen LogP contribution in [0.5, 0.6) is 0 Å². The molecule has 2 rings (SSSR count). The predicted octanol–water partition coefficient (Wildman–Crippen LogP) is 2.49. The maximum atomic E-state index is 10.8. The number of benzene rings is 1. The van der Waals surface area contributed by atoms with Crippen LogP contribution < -0.4 is 10.6 Å². The van der Waals surface area contributed by atoms with Gasteiger partial charge < -0.3 is 10.6 Å². The number of hydrogen-bond donors (Lipinski definition) is 2. The lowest BCUT2D eigenvalue weighted by Crippen LogP contribution is -2.08. The minimum atomic E-state index is -0.163. The van der Waals surface area contributed by atoms with Crippen LogP contribution in [0.3, 0.4) is 0 Å². The lowest BCUT2D eigenvalue weighted by Gasteiger charge is -2.08. The summed E-state index contributed by atoms with van der Waals surface area (Å²) in [4.78, 5) is 10.8. The van der Waals surface area contributed by atoms with Gasteiger partial charge in [-0.3, -0.25) is 4.79 Å². The predicted molar refractivity (Wildman–Crippen MR) is 70.8 cm³/mol. The normalized spacial score (nSPS) is 9.89. The highest BCUT2D eigenvalue weighted by Crippen LogP contribution is 2.18. The highest BCUT2D eigenvalue weighted by molar-refractivity contribution is 5.87. The molecule has 0 fully saturated rings. The van der Waals surface area contributed by atoms with Gasteiger partial charge in [0, 0.05) is 12.6 Å². The summed E-state index contributed by atoms with van der Waals surface area (Å²) >= 11 is 0. The van der Waals surface area contributed by atoms with Gasteiger partial charge in [0.05, 0.1) is 0 Å². The highest BCUT2D eigenvalue weighted by atomic mass is 16.1. The number of amides is 1. The lowest BCUT2D eigenvalue weighted by atomic mass is 10.2. The maximum Gasteiger partial charge on any atom is 0.222 e. The molecule has 1 aromatic carbocycles. The molecule has 0 atom stereocenters. The molecule has 0 aliphatic rings. The molecule has 2 aromatic rings. The van der Waals surface area contributed by atoms with Crippen LogP contribution in [0.2, 0.25) is 0 Å². The van der Waals surface area contributed by atoms with E-state index in [-0.39, 0.29) is 5.91 Å². The van der Waals surface area contributed by atoms with Gasteiger partial charge in [0.25, 0.3) is 0 Å². The van der Waals surface area contributed by atoms with Gasteiger partial charge in [0.2, 0.25) is 5.91 Å². The van der Waals surface area contributed by atoms with Crippen molar-refractivity contribution in [3.05, 3.63) is 42.0 Å². The molecule has 0 saturated heterocycles. The average molecular weight is 242 g/mol. The second kappa shape index (κ2) is 5.27. The fraction of sp³-hybridized carbons (Fsp3) is 0.154. The van der Waals surface area contributed by atoms with Crippen molar-refractivity contribution < 1.29 is 4.79 Å². The topological polar surface area (TPSA) is 66.9 Å². The van der Waals surface area contributed by atoms with Crippen LogP contribution in [0.15, 0.2) is 36.4 Å². The van der Waals surface area contributed by atoms with Crippen molar-refractivity contribution in [1.29, 1.82) is 0 Å². The van der Waals surface area contributed by atoms with E-state index in [4.69, 9.17) is 0 Å². The Morgan fingerprint density at radius 3 is 2.33 bits per heavy atom. The standard InChI is InChI=1S/C13H14N4O/c1-9-5-3-4-6-11(9)15-13-8-7-12(16-17-13)14-10(2)18/h3-8H,1-2H3,(H,15,17)(H,14,16,18). The number of carbonyl (C=O) groups is 1. The highest BCUT2D eigenvalue weighted by Gasteiger charge is 2.01. The Bertz CT molecular complexity index is 551. The van der Waals surface area contributed by atoms with Gasteiger partial charge in [0.15, 0.2) is 11.6 Å². The van der Waals surface area contributed by atoms with Gasteiger partial charge in [0.1, 0.15) is 0 Å². The molecule has 92 valence electrons. The molecule has 0 aliphatic carbocycles. The fourth-order valence-corrected chi connectivity index (χ4v) is 1.50. The van der Waals surface area contributed by atoms with Crippen LogP contribution in [-0.2, 0) is 4.79 Å². The first-order valence-corrected chi connectivity index (χ1v) is 5.59. The Morgan fingerprint density at radius 2 is 1.72 bits per heavy atom. The van der Waals surface area contributed by atoms with E-state index in [1.54, 1.807) is 12.1 Å². The van der Waals surface area contributed by atoms with E-state index in [0.717, 1.165) is 11.3 Å². The van der Waals surface area contributed by atoms with Crippen molar-refractivity contribution in [3.8, 4) is 0 Å². The molecule has 0 unspecified atom stereocenters. The van der Waals surface area contributed by atoms with Crippen LogP contribution in [0, 0.1) is 6.92 Å². The van der Waals surface area contributed by atoms with Crippen LogP contribution >= 0.6 is 0 Å². The van der Waals surface area contributed by atoms with Gasteiger partial charge in [-0.25, -0.2) is 0 Å². The van der Waals surface area contributed by atoms with Gasteiger partial charge in [-0.1, -0.05) is 18.2 Å². The molecule has 5 nitrogen and oxygen atoms in total. The van der Waals surface area contributed by atoms with Crippen LogP contribution in [-0.4, -0.2) is 16.1 Å². The number of aromatic nitrogens is 2. The maximum absolute atomic E-state index is 10.8. The van der Waals surface area contributed by atoms with E-state index in [9.17, 15) is 4.79 Å². The Labute approximate surface area is 105 Å². The Kier molecular flexibility index (Phi) is 3.52. The summed E-state index contributed by atoms with van der Waals surface area (Å²) in [5, 5.41) is 13.6. The fourth-order valence-electron chi connectivity index (χ4n) is 1.50. The van der Waals surface area contributed by atoms with E-state index in [2.05, 4.69) is 20.8 Å². The SMILES string of the molecule is CC(=O)Nc1ccc(Nc2ccccc2C)nn1. The monoisotopic (exact) mass is 242 g/mol. The summed E-state index contributed by atoms with van der Waals surface area (Å²) in [6.07, 6.45) is 0. The summed E-state index contributed by atoms with van der Waals surface area (Å²) in [6, 6.07) is 11.4. The zero-order valence-corrected chi connectivity index (χ0v) is 10.3. The Morgan fingerprint density at radius 1 is 1.06 bits per heavy atom. The number of hydrogen-bond acceptors (Lipinski definition) is 4. The summed E-state index contributed by atoms with van der Waals surface area (Å²) < 4.78 is 0. The number of anilines is 3. The Balaban J connectivity index is 2.11. The number of rotatable bonds is 3. The molecule has 2 N–H and O–H groups in total. The third kappa shape index (κ3) is 3.04. The van der Waals surface area contributed by atoms with Crippen molar-refractivity contribution in [2.45, 2.75) is 13.8 Å². The molecule has 0 saturated carbocycles. The molecule has 1 heterocycles. The molecule has 1 aromatic heterocycles. The summed E-state index contributed by atoms with van der Waals surface area (Å²) in [7, 11) is 0. The summed E-state index contributed by atoms with van der Waals surface area (Å²) in [6.45, 7) is 3.45. The second-order valence-electron chi connectivity index (χ2n) is 3.92. The van der Waals surface area contributed by atoms with Gasteiger partial charge >= 0.3 is 0 Å². The average Bonchev–Trinajstić information content (AvgIpc) is 2.34. The van der Waals surface area contributed by atoms with Crippen molar-refractivity contribution in [2.24, 2.45) is 0 Å². The third-order valence-electron chi connectivity index (χ3n) is 2.38. The molecule has 0 spiro atoms. The van der Waals surface area contributed by atoms with E-state index in [1.807, 2.05) is 31.2 Å². The largest absolute Gasteiger partial charge is 0.339 e. The van der Waals surface area contributed by atoms with Gasteiger partial charge in [-0.15, -0.1) is 10.2 Å². The molecule has 18 heavy (non-hydrogen) atoms. The quantitative estimate of drug-likeness (QED) is 0.867. The van der Waals surface area contributed by atoms with Crippen LogP contribution in [0.1, 0.15) is 12.5 Å². The van der Waals surface area contributed by atoms with E-state index < -0.39 is 0 Å². The molecular weight excluding hydrogens is 228 g/mol. The van der Waals surface area contributed by atoms with Gasteiger partial charge in [-0.05, 0) is 30.7 Å². The van der Waals surface area contributed by atoms with Crippen molar-refractivity contribution >= 4 is 23.2 Å². The zero-order valence-electron chi connectivity index (χ0n) is 10.3. The van der Waals surface area contributed by atoms with Gasteiger partial charge in [-0.2, -0.15) is 0 Å². The summed E-state index contributed by atoms with van der Waals surface area (Å²) in [5.41, 5.74) is 2.12. The zero-order chi connectivity index (χ0) is 13.0. The number of para-hydroxylation sites is 1. The smallest absolute Gasteiger partial charge is 0.222 e. The first kappa shape index (κ1) is 12.0. The molecule has 5 heteroatoms.